The molecule has 1 heterocycles. The summed E-state index contributed by atoms with van der Waals surface area (Å²) in [5.74, 6) is -0.0175. The molecule has 0 aromatic carbocycles. The second-order valence-corrected chi connectivity index (χ2v) is 7.17. The van der Waals surface area contributed by atoms with Crippen LogP contribution in [0.2, 0.25) is 0 Å². The normalized spacial score (nSPS) is 17.9. The van der Waals surface area contributed by atoms with Gasteiger partial charge in [-0.25, -0.2) is 0 Å². The highest BCUT2D eigenvalue weighted by molar-refractivity contribution is 9.11. The third-order valence-corrected chi connectivity index (χ3v) is 4.87. The van der Waals surface area contributed by atoms with E-state index in [2.05, 4.69) is 21.2 Å². The summed E-state index contributed by atoms with van der Waals surface area (Å²) in [6.07, 6.45) is 5.65. The Bertz CT molecular complexity index is 405. The summed E-state index contributed by atoms with van der Waals surface area (Å²) in [5.41, 5.74) is 6.08. The maximum atomic E-state index is 11.9. The monoisotopic (exact) mass is 352 g/mol. The number of nitrogens with one attached hydrogen (secondary N) is 1. The van der Waals surface area contributed by atoms with Crippen LogP contribution in [0.25, 0.3) is 0 Å². The summed E-state index contributed by atoms with van der Waals surface area (Å²) in [6, 6.07) is 3.71. The molecule has 1 aromatic heterocycles. The lowest BCUT2D eigenvalue weighted by Gasteiger charge is -2.33. The van der Waals surface area contributed by atoms with Crippen molar-refractivity contribution in [1.82, 2.24) is 5.32 Å². The molecule has 2 rings (SSSR count). The molecule has 3 N–H and O–H groups in total. The summed E-state index contributed by atoms with van der Waals surface area (Å²) < 4.78 is 0.975. The topological polar surface area (TPSA) is 55.1 Å². The van der Waals surface area contributed by atoms with E-state index >= 15 is 0 Å². The SMILES string of the molecule is Cl.NC1(CNC(=O)c2ccc(Br)s2)CCCCC1. The van der Waals surface area contributed by atoms with Gasteiger partial charge >= 0.3 is 0 Å². The van der Waals surface area contributed by atoms with Crippen LogP contribution in [-0.2, 0) is 0 Å². The van der Waals surface area contributed by atoms with Crippen LogP contribution in [0.15, 0.2) is 15.9 Å². The van der Waals surface area contributed by atoms with Crippen LogP contribution in [-0.4, -0.2) is 18.0 Å². The van der Waals surface area contributed by atoms with Gasteiger partial charge < -0.3 is 11.1 Å². The summed E-state index contributed by atoms with van der Waals surface area (Å²) >= 11 is 4.80. The van der Waals surface area contributed by atoms with E-state index in [9.17, 15) is 4.79 Å². The zero-order chi connectivity index (χ0) is 12.3. The maximum absolute atomic E-state index is 11.9. The van der Waals surface area contributed by atoms with Gasteiger partial charge in [0, 0.05) is 12.1 Å². The van der Waals surface area contributed by atoms with E-state index in [0.29, 0.717) is 6.54 Å². The molecule has 1 aliphatic rings. The summed E-state index contributed by atoms with van der Waals surface area (Å²) in [4.78, 5) is 12.6. The molecule has 1 fully saturated rings. The molecule has 0 saturated heterocycles. The number of rotatable bonds is 3. The molecular weight excluding hydrogens is 336 g/mol. The Hall–Kier alpha value is -0.100. The number of thiophene rings is 1. The second-order valence-electron chi connectivity index (χ2n) is 4.71. The Morgan fingerprint density at radius 1 is 1.39 bits per heavy atom. The zero-order valence-electron chi connectivity index (χ0n) is 10.1. The molecule has 0 radical (unpaired) electrons. The van der Waals surface area contributed by atoms with E-state index < -0.39 is 0 Å². The van der Waals surface area contributed by atoms with Gasteiger partial charge in [-0.2, -0.15) is 0 Å². The number of carbonyl (C=O) groups excluding carboxylic acids is 1. The van der Waals surface area contributed by atoms with Crippen LogP contribution in [0.4, 0.5) is 0 Å². The first-order valence-electron chi connectivity index (χ1n) is 5.91. The molecular formula is C12H18BrClN2OS. The van der Waals surface area contributed by atoms with E-state index in [1.165, 1.54) is 30.6 Å². The highest BCUT2D eigenvalue weighted by atomic mass is 79.9. The number of halogens is 2. The van der Waals surface area contributed by atoms with Crippen molar-refractivity contribution in [3.05, 3.63) is 20.8 Å². The molecule has 0 bridgehead atoms. The van der Waals surface area contributed by atoms with Crippen LogP contribution < -0.4 is 11.1 Å². The Balaban J connectivity index is 0.00000162. The molecule has 0 aliphatic heterocycles. The lowest BCUT2D eigenvalue weighted by molar-refractivity contribution is 0.0942. The number of carbonyl (C=O) groups is 1. The van der Waals surface area contributed by atoms with E-state index in [4.69, 9.17) is 5.73 Å². The van der Waals surface area contributed by atoms with Gasteiger partial charge in [0.05, 0.1) is 8.66 Å². The largest absolute Gasteiger partial charge is 0.349 e. The molecule has 0 atom stereocenters. The molecule has 6 heteroatoms. The Labute approximate surface area is 126 Å². The van der Waals surface area contributed by atoms with Gasteiger partial charge in [-0.1, -0.05) is 19.3 Å². The Morgan fingerprint density at radius 2 is 2.06 bits per heavy atom. The first-order chi connectivity index (χ1) is 8.09. The lowest BCUT2D eigenvalue weighted by Crippen LogP contribution is -2.51. The van der Waals surface area contributed by atoms with Crippen molar-refractivity contribution in [2.24, 2.45) is 5.73 Å². The van der Waals surface area contributed by atoms with Gasteiger partial charge in [0.2, 0.25) is 0 Å². The van der Waals surface area contributed by atoms with E-state index in [1.54, 1.807) is 0 Å². The van der Waals surface area contributed by atoms with Crippen molar-refractivity contribution in [3.8, 4) is 0 Å². The van der Waals surface area contributed by atoms with Crippen molar-refractivity contribution in [2.75, 3.05) is 6.54 Å². The highest BCUT2D eigenvalue weighted by Crippen LogP contribution is 2.26. The van der Waals surface area contributed by atoms with Crippen LogP contribution >= 0.6 is 39.7 Å². The predicted octanol–water partition coefficient (Wildman–Crippen LogP) is 3.32. The van der Waals surface area contributed by atoms with Gasteiger partial charge in [0.25, 0.3) is 5.91 Å². The fraction of sp³-hybridized carbons (Fsp3) is 0.583. The highest BCUT2D eigenvalue weighted by Gasteiger charge is 2.27. The smallest absolute Gasteiger partial charge is 0.261 e. The van der Waals surface area contributed by atoms with Crippen molar-refractivity contribution in [2.45, 2.75) is 37.6 Å². The number of nitrogens with two attached hydrogens (primary N) is 1. The number of hydrogen-bond acceptors (Lipinski definition) is 3. The van der Waals surface area contributed by atoms with E-state index in [-0.39, 0.29) is 23.9 Å². The first-order valence-corrected chi connectivity index (χ1v) is 7.52. The Kier molecular flexibility index (Phi) is 6.11. The molecule has 0 spiro atoms. The summed E-state index contributed by atoms with van der Waals surface area (Å²) in [6.45, 7) is 0.585. The second kappa shape index (κ2) is 6.89. The molecule has 102 valence electrons. The van der Waals surface area contributed by atoms with Crippen LogP contribution in [0.3, 0.4) is 0 Å². The molecule has 0 unspecified atom stereocenters. The summed E-state index contributed by atoms with van der Waals surface area (Å²) in [5, 5.41) is 2.95. The molecule has 1 aromatic rings. The van der Waals surface area contributed by atoms with Crippen molar-refractivity contribution in [3.63, 3.8) is 0 Å². The average Bonchev–Trinajstić information content (AvgIpc) is 2.74. The molecule has 3 nitrogen and oxygen atoms in total. The van der Waals surface area contributed by atoms with E-state index in [0.717, 1.165) is 21.5 Å². The lowest BCUT2D eigenvalue weighted by atomic mass is 9.82. The maximum Gasteiger partial charge on any atom is 0.261 e. The molecule has 18 heavy (non-hydrogen) atoms. The van der Waals surface area contributed by atoms with E-state index in [1.807, 2.05) is 12.1 Å². The third-order valence-electron chi connectivity index (χ3n) is 3.25. The van der Waals surface area contributed by atoms with Crippen LogP contribution in [0.1, 0.15) is 41.8 Å². The minimum atomic E-state index is -0.192. The minimum absolute atomic E-state index is 0. The summed E-state index contributed by atoms with van der Waals surface area (Å²) in [7, 11) is 0. The van der Waals surface area contributed by atoms with Crippen molar-refractivity contribution in [1.29, 1.82) is 0 Å². The van der Waals surface area contributed by atoms with Crippen molar-refractivity contribution >= 4 is 45.6 Å². The van der Waals surface area contributed by atoms with Crippen LogP contribution in [0.5, 0.6) is 0 Å². The Morgan fingerprint density at radius 3 is 2.61 bits per heavy atom. The number of amides is 1. The molecule has 1 saturated carbocycles. The quantitative estimate of drug-likeness (QED) is 0.876. The van der Waals surface area contributed by atoms with Gasteiger partial charge in [-0.3, -0.25) is 4.79 Å². The molecule has 1 aliphatic carbocycles. The van der Waals surface area contributed by atoms with Crippen molar-refractivity contribution < 1.29 is 4.79 Å². The zero-order valence-corrected chi connectivity index (χ0v) is 13.3. The molecule has 1 amide bonds. The van der Waals surface area contributed by atoms with Gasteiger partial charge in [0.1, 0.15) is 0 Å². The minimum Gasteiger partial charge on any atom is -0.349 e. The standard InChI is InChI=1S/C12H17BrN2OS.ClH/c13-10-5-4-9(17-10)11(16)15-8-12(14)6-2-1-3-7-12;/h4-5H,1-3,6-8,14H2,(H,15,16);1H. The van der Waals surface area contributed by atoms with Gasteiger partial charge in [0.15, 0.2) is 0 Å². The fourth-order valence-electron chi connectivity index (χ4n) is 2.21. The third kappa shape index (κ3) is 4.23. The number of hydrogen-bond donors (Lipinski definition) is 2. The fourth-order valence-corrected chi connectivity index (χ4v) is 3.51. The first kappa shape index (κ1) is 16.0. The predicted molar refractivity (Wildman–Crippen MR) is 81.6 cm³/mol. The van der Waals surface area contributed by atoms with Gasteiger partial charge in [-0.05, 0) is 40.9 Å². The van der Waals surface area contributed by atoms with Gasteiger partial charge in [-0.15, -0.1) is 23.7 Å². The van der Waals surface area contributed by atoms with Crippen LogP contribution in [0, 0.1) is 0 Å². The average molecular weight is 354 g/mol.